The summed E-state index contributed by atoms with van der Waals surface area (Å²) in [4.78, 5) is 25.0. The first kappa shape index (κ1) is 16.1. The maximum absolute atomic E-state index is 11.9. The maximum Gasteiger partial charge on any atom is 0.336 e. The van der Waals surface area contributed by atoms with Crippen LogP contribution in [0.2, 0.25) is 0 Å². The summed E-state index contributed by atoms with van der Waals surface area (Å²) in [5.41, 5.74) is 0.192. The SMILES string of the molecule is COCCN(C)CCNC(=O)c1ccccc1C(=O)O. The number of methoxy groups -OCH3 is 1. The zero-order valence-corrected chi connectivity index (χ0v) is 11.8. The van der Waals surface area contributed by atoms with Gasteiger partial charge >= 0.3 is 5.97 Å². The lowest BCUT2D eigenvalue weighted by Crippen LogP contribution is -2.34. The average molecular weight is 280 g/mol. The first-order valence-electron chi connectivity index (χ1n) is 6.34. The highest BCUT2D eigenvalue weighted by Gasteiger charge is 2.15. The van der Waals surface area contributed by atoms with Crippen LogP contribution in [0.3, 0.4) is 0 Å². The Morgan fingerprint density at radius 3 is 2.50 bits per heavy atom. The Labute approximate surface area is 118 Å². The molecule has 0 heterocycles. The van der Waals surface area contributed by atoms with Gasteiger partial charge in [-0.15, -0.1) is 0 Å². The molecule has 110 valence electrons. The van der Waals surface area contributed by atoms with Crippen molar-refractivity contribution in [2.45, 2.75) is 0 Å². The molecule has 0 radical (unpaired) electrons. The molecule has 0 bridgehead atoms. The molecule has 0 spiro atoms. The fourth-order valence-electron chi connectivity index (χ4n) is 1.68. The fourth-order valence-corrected chi connectivity index (χ4v) is 1.68. The number of amides is 1. The fraction of sp³-hybridized carbons (Fsp3) is 0.429. The van der Waals surface area contributed by atoms with E-state index in [1.54, 1.807) is 19.2 Å². The Balaban J connectivity index is 2.49. The Hall–Kier alpha value is -1.92. The second kappa shape index (κ2) is 8.29. The average Bonchev–Trinajstić information content (AvgIpc) is 2.44. The van der Waals surface area contributed by atoms with Crippen LogP contribution in [0.5, 0.6) is 0 Å². The topological polar surface area (TPSA) is 78.9 Å². The van der Waals surface area contributed by atoms with E-state index in [1.807, 2.05) is 11.9 Å². The van der Waals surface area contributed by atoms with Gasteiger partial charge in [0.15, 0.2) is 0 Å². The van der Waals surface area contributed by atoms with E-state index < -0.39 is 5.97 Å². The van der Waals surface area contributed by atoms with E-state index in [0.717, 1.165) is 6.54 Å². The quantitative estimate of drug-likeness (QED) is 0.732. The number of aromatic carboxylic acids is 1. The van der Waals surface area contributed by atoms with Crippen LogP contribution in [0.15, 0.2) is 24.3 Å². The van der Waals surface area contributed by atoms with Gasteiger partial charge in [0.1, 0.15) is 0 Å². The van der Waals surface area contributed by atoms with Crippen molar-refractivity contribution in [3.05, 3.63) is 35.4 Å². The molecule has 1 rings (SSSR count). The van der Waals surface area contributed by atoms with Crippen molar-refractivity contribution in [1.82, 2.24) is 10.2 Å². The number of carbonyl (C=O) groups is 2. The maximum atomic E-state index is 11.9. The number of nitrogens with zero attached hydrogens (tertiary/aromatic N) is 1. The number of hydrogen-bond donors (Lipinski definition) is 2. The summed E-state index contributed by atoms with van der Waals surface area (Å²) in [5.74, 6) is -1.48. The highest BCUT2D eigenvalue weighted by Crippen LogP contribution is 2.08. The van der Waals surface area contributed by atoms with Crippen LogP contribution in [-0.2, 0) is 4.74 Å². The molecule has 0 unspecified atom stereocenters. The summed E-state index contributed by atoms with van der Waals surface area (Å²) < 4.78 is 4.96. The lowest BCUT2D eigenvalue weighted by molar-refractivity contribution is 0.0691. The summed E-state index contributed by atoms with van der Waals surface area (Å²) in [5, 5.41) is 11.7. The number of rotatable bonds is 8. The van der Waals surface area contributed by atoms with Gasteiger partial charge in [-0.1, -0.05) is 12.1 Å². The van der Waals surface area contributed by atoms with Gasteiger partial charge in [-0.25, -0.2) is 4.79 Å². The third-order valence-corrected chi connectivity index (χ3v) is 2.86. The summed E-state index contributed by atoms with van der Waals surface area (Å²) in [6.07, 6.45) is 0. The van der Waals surface area contributed by atoms with Crippen molar-refractivity contribution >= 4 is 11.9 Å². The molecule has 0 aromatic heterocycles. The predicted octanol–water partition coefficient (Wildman–Crippen LogP) is 0.693. The van der Waals surface area contributed by atoms with E-state index in [9.17, 15) is 9.59 Å². The minimum atomic E-state index is -1.10. The van der Waals surface area contributed by atoms with E-state index in [-0.39, 0.29) is 17.0 Å². The standard InChI is InChI=1S/C14H20N2O4/c1-16(9-10-20-2)8-7-15-13(17)11-5-3-4-6-12(11)14(18)19/h3-6H,7-10H2,1-2H3,(H,15,17)(H,18,19). The summed E-state index contributed by atoms with van der Waals surface area (Å²) >= 11 is 0. The smallest absolute Gasteiger partial charge is 0.336 e. The van der Waals surface area contributed by atoms with Crippen molar-refractivity contribution in [1.29, 1.82) is 0 Å². The monoisotopic (exact) mass is 280 g/mol. The van der Waals surface area contributed by atoms with Gasteiger partial charge in [0.2, 0.25) is 0 Å². The van der Waals surface area contributed by atoms with E-state index in [2.05, 4.69) is 5.32 Å². The number of carboxylic acids is 1. The molecule has 0 atom stereocenters. The number of likely N-dealkylation sites (N-methyl/N-ethyl adjacent to an activating group) is 1. The van der Waals surface area contributed by atoms with Crippen LogP contribution >= 0.6 is 0 Å². The van der Waals surface area contributed by atoms with Crippen molar-refractivity contribution in [2.24, 2.45) is 0 Å². The van der Waals surface area contributed by atoms with Gasteiger partial charge in [-0.2, -0.15) is 0 Å². The third-order valence-electron chi connectivity index (χ3n) is 2.86. The number of carboxylic acid groups (broad SMARTS) is 1. The van der Waals surface area contributed by atoms with Crippen molar-refractivity contribution in [2.75, 3.05) is 40.4 Å². The lowest BCUT2D eigenvalue weighted by atomic mass is 10.1. The predicted molar refractivity (Wildman–Crippen MR) is 75.1 cm³/mol. The number of benzene rings is 1. The first-order chi connectivity index (χ1) is 9.56. The molecule has 2 N–H and O–H groups in total. The van der Waals surface area contributed by atoms with Crippen molar-refractivity contribution < 1.29 is 19.4 Å². The molecule has 6 heteroatoms. The van der Waals surface area contributed by atoms with Crippen LogP contribution in [0.4, 0.5) is 0 Å². The molecular weight excluding hydrogens is 260 g/mol. The molecular formula is C14H20N2O4. The Morgan fingerprint density at radius 1 is 1.25 bits per heavy atom. The molecule has 0 aliphatic rings. The highest BCUT2D eigenvalue weighted by atomic mass is 16.5. The number of hydrogen-bond acceptors (Lipinski definition) is 4. The van der Waals surface area contributed by atoms with Gasteiger partial charge in [0.25, 0.3) is 5.91 Å². The van der Waals surface area contributed by atoms with Crippen LogP contribution in [0.25, 0.3) is 0 Å². The number of carbonyl (C=O) groups excluding carboxylic acids is 1. The van der Waals surface area contributed by atoms with E-state index in [0.29, 0.717) is 19.7 Å². The minimum Gasteiger partial charge on any atom is -0.478 e. The van der Waals surface area contributed by atoms with Gasteiger partial charge in [0, 0.05) is 26.7 Å². The molecule has 1 amide bonds. The molecule has 1 aromatic rings. The van der Waals surface area contributed by atoms with E-state index in [1.165, 1.54) is 12.1 Å². The molecule has 20 heavy (non-hydrogen) atoms. The van der Waals surface area contributed by atoms with Crippen LogP contribution < -0.4 is 5.32 Å². The van der Waals surface area contributed by atoms with Crippen molar-refractivity contribution in [3.63, 3.8) is 0 Å². The summed E-state index contributed by atoms with van der Waals surface area (Å²) in [6, 6.07) is 6.17. The van der Waals surface area contributed by atoms with Crippen LogP contribution in [0.1, 0.15) is 20.7 Å². The molecule has 0 saturated carbocycles. The van der Waals surface area contributed by atoms with Crippen LogP contribution in [0, 0.1) is 0 Å². The van der Waals surface area contributed by atoms with Gasteiger partial charge in [-0.05, 0) is 19.2 Å². The van der Waals surface area contributed by atoms with E-state index >= 15 is 0 Å². The third kappa shape index (κ3) is 4.99. The number of nitrogens with one attached hydrogen (secondary N) is 1. The second-order valence-corrected chi connectivity index (χ2v) is 4.40. The Kier molecular flexibility index (Phi) is 6.69. The zero-order chi connectivity index (χ0) is 15.0. The molecule has 6 nitrogen and oxygen atoms in total. The van der Waals surface area contributed by atoms with Gasteiger partial charge < -0.3 is 20.1 Å². The highest BCUT2D eigenvalue weighted by molar-refractivity contribution is 6.04. The van der Waals surface area contributed by atoms with E-state index in [4.69, 9.17) is 9.84 Å². The normalized spacial score (nSPS) is 10.6. The van der Waals surface area contributed by atoms with Crippen LogP contribution in [-0.4, -0.2) is 62.3 Å². The molecule has 0 aliphatic heterocycles. The molecule has 0 fully saturated rings. The Morgan fingerprint density at radius 2 is 1.90 bits per heavy atom. The molecule has 1 aromatic carbocycles. The Bertz CT molecular complexity index is 462. The summed E-state index contributed by atoms with van der Waals surface area (Å²) in [6.45, 7) is 2.53. The lowest BCUT2D eigenvalue weighted by Gasteiger charge is -2.16. The first-order valence-corrected chi connectivity index (χ1v) is 6.34. The molecule has 0 aliphatic carbocycles. The molecule has 0 saturated heterocycles. The largest absolute Gasteiger partial charge is 0.478 e. The second-order valence-electron chi connectivity index (χ2n) is 4.40. The number of ether oxygens (including phenoxy) is 1. The van der Waals surface area contributed by atoms with Gasteiger partial charge in [-0.3, -0.25) is 4.79 Å². The zero-order valence-electron chi connectivity index (χ0n) is 11.8. The van der Waals surface area contributed by atoms with Crippen molar-refractivity contribution in [3.8, 4) is 0 Å². The summed E-state index contributed by atoms with van der Waals surface area (Å²) in [7, 11) is 3.56. The van der Waals surface area contributed by atoms with Gasteiger partial charge in [0.05, 0.1) is 17.7 Å². The minimum absolute atomic E-state index is 0.0118.